The van der Waals surface area contributed by atoms with E-state index in [1.807, 2.05) is 13.8 Å². The number of esters is 1. The van der Waals surface area contributed by atoms with Gasteiger partial charge in [-0.1, -0.05) is 27.2 Å². The van der Waals surface area contributed by atoms with Crippen LogP contribution in [0.3, 0.4) is 0 Å². The number of β-lactam (4-membered cyclic amide) rings is 1. The average Bonchev–Trinajstić information content (AvgIpc) is 3.00. The van der Waals surface area contributed by atoms with Crippen LogP contribution in [0.1, 0.15) is 45.6 Å². The number of thioether (sulfide) groups is 1. The van der Waals surface area contributed by atoms with Gasteiger partial charge in [0, 0.05) is 23.5 Å². The summed E-state index contributed by atoms with van der Waals surface area (Å²) in [6.45, 7) is 6.20. The summed E-state index contributed by atoms with van der Waals surface area (Å²) in [6.07, 6.45) is 2.83. The van der Waals surface area contributed by atoms with E-state index in [0.29, 0.717) is 17.7 Å². The molecule has 0 aromatic heterocycles. The van der Waals surface area contributed by atoms with Crippen molar-refractivity contribution in [3.63, 3.8) is 0 Å². The molecule has 3 rings (SSSR count). The summed E-state index contributed by atoms with van der Waals surface area (Å²) in [6, 6.07) is 5.95. The number of unbranched alkanes of at least 4 members (excludes halogenated alkanes) is 1. The molecule has 0 aliphatic carbocycles. The Labute approximate surface area is 174 Å². The smallest absolute Gasteiger partial charge is 0.356 e. The molecule has 2 aliphatic rings. The predicted molar refractivity (Wildman–Crippen MR) is 111 cm³/mol. The van der Waals surface area contributed by atoms with Crippen molar-refractivity contribution in [1.82, 2.24) is 4.90 Å². The van der Waals surface area contributed by atoms with Crippen molar-refractivity contribution >= 4 is 29.3 Å². The molecule has 0 bridgehead atoms. The van der Waals surface area contributed by atoms with E-state index in [0.717, 1.165) is 23.5 Å². The fourth-order valence-electron chi connectivity index (χ4n) is 3.82. The Kier molecular flexibility index (Phi) is 6.62. The molecule has 2 heterocycles. The van der Waals surface area contributed by atoms with Crippen LogP contribution in [-0.2, 0) is 20.9 Å². The third-order valence-corrected chi connectivity index (χ3v) is 6.57. The molecule has 2 aliphatic heterocycles. The number of nitrogens with zero attached hydrogens (tertiary/aromatic N) is 2. The molecule has 1 aromatic carbocycles. The molecule has 1 fully saturated rings. The van der Waals surface area contributed by atoms with E-state index in [9.17, 15) is 19.7 Å². The molecular formula is C21H26N2O5S. The normalized spacial score (nSPS) is 20.7. The number of hydrogen-bond donors (Lipinski definition) is 0. The Morgan fingerprint density at radius 1 is 1.34 bits per heavy atom. The van der Waals surface area contributed by atoms with Gasteiger partial charge in [-0.3, -0.25) is 14.9 Å². The molecule has 156 valence electrons. The number of amides is 1. The van der Waals surface area contributed by atoms with Crippen LogP contribution < -0.4 is 0 Å². The molecule has 1 aromatic rings. The first-order valence-corrected chi connectivity index (χ1v) is 10.9. The maximum absolute atomic E-state index is 12.9. The monoisotopic (exact) mass is 418 g/mol. The molecule has 7 nitrogen and oxygen atoms in total. The number of non-ortho nitro benzene ring substituents is 1. The Morgan fingerprint density at radius 3 is 2.62 bits per heavy atom. The van der Waals surface area contributed by atoms with E-state index in [4.69, 9.17) is 4.74 Å². The van der Waals surface area contributed by atoms with Gasteiger partial charge in [-0.2, -0.15) is 0 Å². The van der Waals surface area contributed by atoms with Gasteiger partial charge in [0.2, 0.25) is 5.91 Å². The minimum Gasteiger partial charge on any atom is -0.456 e. The van der Waals surface area contributed by atoms with E-state index in [1.54, 1.807) is 28.8 Å². The summed E-state index contributed by atoms with van der Waals surface area (Å²) in [5.74, 6) is 0.600. The summed E-state index contributed by atoms with van der Waals surface area (Å²) >= 11 is 1.65. The molecule has 0 saturated carbocycles. The first-order valence-electron chi connectivity index (χ1n) is 9.94. The zero-order valence-electron chi connectivity index (χ0n) is 16.9. The highest BCUT2D eigenvalue weighted by molar-refractivity contribution is 8.03. The van der Waals surface area contributed by atoms with Gasteiger partial charge >= 0.3 is 5.97 Å². The van der Waals surface area contributed by atoms with E-state index in [1.165, 1.54) is 12.1 Å². The topological polar surface area (TPSA) is 89.8 Å². The largest absolute Gasteiger partial charge is 0.456 e. The predicted octanol–water partition coefficient (Wildman–Crippen LogP) is 4.27. The quantitative estimate of drug-likeness (QED) is 0.196. The number of carbonyl (C=O) groups excluding carboxylic acids is 2. The minimum absolute atomic E-state index is 0.00150. The van der Waals surface area contributed by atoms with Crippen LogP contribution >= 0.6 is 11.8 Å². The van der Waals surface area contributed by atoms with Crippen molar-refractivity contribution < 1.29 is 19.2 Å². The second-order valence-corrected chi connectivity index (χ2v) is 8.91. The lowest BCUT2D eigenvalue weighted by molar-refractivity contribution is -0.384. The van der Waals surface area contributed by atoms with E-state index in [-0.39, 0.29) is 36.1 Å². The number of fused-ring (bicyclic) bond motifs is 1. The average molecular weight is 419 g/mol. The number of benzene rings is 1. The van der Waals surface area contributed by atoms with Gasteiger partial charge in [0.05, 0.1) is 16.9 Å². The number of hydrogen-bond acceptors (Lipinski definition) is 6. The summed E-state index contributed by atoms with van der Waals surface area (Å²) < 4.78 is 5.47. The highest BCUT2D eigenvalue weighted by Gasteiger charge is 2.56. The standard InChI is InChI=1S/C21H26N2O5S/c1-4-5-10-29-17-11-16-18(13(2)3)20(24)22(16)19(17)21(25)28-12-14-6-8-15(9-7-14)23(26)27/h6-9,13,16,18H,4-5,10-12H2,1-3H3. The van der Waals surface area contributed by atoms with E-state index < -0.39 is 10.9 Å². The number of ether oxygens (including phenoxy) is 1. The van der Waals surface area contributed by atoms with Gasteiger partial charge in [-0.25, -0.2) is 4.79 Å². The van der Waals surface area contributed by atoms with Crippen LogP contribution in [0.5, 0.6) is 0 Å². The highest BCUT2D eigenvalue weighted by atomic mass is 32.2. The summed E-state index contributed by atoms with van der Waals surface area (Å²) in [7, 11) is 0. The zero-order valence-corrected chi connectivity index (χ0v) is 17.7. The Balaban J connectivity index is 1.71. The van der Waals surface area contributed by atoms with Gasteiger partial charge in [0.15, 0.2) is 0 Å². The zero-order chi connectivity index (χ0) is 21.1. The Morgan fingerprint density at radius 2 is 2.03 bits per heavy atom. The van der Waals surface area contributed by atoms with E-state index >= 15 is 0 Å². The summed E-state index contributed by atoms with van der Waals surface area (Å²) in [5, 5.41) is 10.7. The van der Waals surface area contributed by atoms with Gasteiger partial charge < -0.3 is 9.64 Å². The molecule has 0 N–H and O–H groups in total. The molecule has 29 heavy (non-hydrogen) atoms. The van der Waals surface area contributed by atoms with Crippen LogP contribution in [0.15, 0.2) is 34.9 Å². The number of rotatable bonds is 9. The van der Waals surface area contributed by atoms with Crippen molar-refractivity contribution in [3.05, 3.63) is 50.5 Å². The first kappa shape index (κ1) is 21.4. The third-order valence-electron chi connectivity index (χ3n) is 5.37. The Hall–Kier alpha value is -2.35. The second kappa shape index (κ2) is 8.98. The fraction of sp³-hybridized carbons (Fsp3) is 0.524. The summed E-state index contributed by atoms with van der Waals surface area (Å²) in [5.41, 5.74) is 1.04. The van der Waals surface area contributed by atoms with Crippen molar-refractivity contribution in [2.75, 3.05) is 5.75 Å². The van der Waals surface area contributed by atoms with Crippen molar-refractivity contribution in [1.29, 1.82) is 0 Å². The minimum atomic E-state index is -0.500. The molecule has 1 saturated heterocycles. The van der Waals surface area contributed by atoms with Gasteiger partial charge in [-0.15, -0.1) is 11.8 Å². The maximum Gasteiger partial charge on any atom is 0.356 e. The Bertz CT molecular complexity index is 834. The molecule has 2 unspecified atom stereocenters. The lowest BCUT2D eigenvalue weighted by Crippen LogP contribution is -2.60. The highest BCUT2D eigenvalue weighted by Crippen LogP contribution is 2.48. The number of carbonyl (C=O) groups is 2. The molecule has 0 spiro atoms. The van der Waals surface area contributed by atoms with Crippen LogP contribution in [0.2, 0.25) is 0 Å². The molecule has 8 heteroatoms. The first-order chi connectivity index (χ1) is 13.8. The second-order valence-electron chi connectivity index (χ2n) is 7.72. The van der Waals surface area contributed by atoms with Crippen LogP contribution in [0.4, 0.5) is 5.69 Å². The molecular weight excluding hydrogens is 392 g/mol. The molecule has 0 radical (unpaired) electrons. The van der Waals surface area contributed by atoms with Crippen molar-refractivity contribution in [3.8, 4) is 0 Å². The van der Waals surface area contributed by atoms with E-state index in [2.05, 4.69) is 6.92 Å². The number of nitro benzene ring substituents is 1. The number of nitro groups is 1. The lowest BCUT2D eigenvalue weighted by atomic mass is 9.79. The van der Waals surface area contributed by atoms with Gasteiger partial charge in [-0.05, 0) is 35.8 Å². The van der Waals surface area contributed by atoms with Crippen LogP contribution in [0.25, 0.3) is 0 Å². The van der Waals surface area contributed by atoms with Crippen LogP contribution in [-0.4, -0.2) is 33.5 Å². The van der Waals surface area contributed by atoms with Crippen molar-refractivity contribution in [2.24, 2.45) is 11.8 Å². The maximum atomic E-state index is 12.9. The summed E-state index contributed by atoms with van der Waals surface area (Å²) in [4.78, 5) is 38.4. The third kappa shape index (κ3) is 4.32. The van der Waals surface area contributed by atoms with Crippen molar-refractivity contribution in [2.45, 2.75) is 52.7 Å². The van der Waals surface area contributed by atoms with Crippen LogP contribution in [0, 0.1) is 22.0 Å². The SMILES string of the molecule is CCCCSC1=C(C(=O)OCc2ccc([N+](=O)[O-])cc2)N2C(=O)C(C(C)C)C2C1. The lowest BCUT2D eigenvalue weighted by Gasteiger charge is -2.45. The van der Waals surface area contributed by atoms with Gasteiger partial charge in [0.25, 0.3) is 5.69 Å². The molecule has 2 atom stereocenters. The fourth-order valence-corrected chi connectivity index (χ4v) is 5.11. The van der Waals surface area contributed by atoms with Gasteiger partial charge in [0.1, 0.15) is 12.3 Å². The molecule has 1 amide bonds.